The molecule has 0 aromatic rings. The minimum atomic E-state index is -0.919. The molecule has 0 bridgehead atoms. The Morgan fingerprint density at radius 3 is 2.62 bits per heavy atom. The Labute approximate surface area is 55.9 Å². The fraction of sp³-hybridized carbons (Fsp3) is 0.750. The van der Waals surface area contributed by atoms with Gasteiger partial charge in [-0.05, 0) is 13.9 Å². The summed E-state index contributed by atoms with van der Waals surface area (Å²) in [5.41, 5.74) is 0. The maximum absolute atomic E-state index is 9.94. The largest absolute Gasteiger partial charge is 0.480 e. The van der Waals surface area contributed by atoms with E-state index in [0.717, 1.165) is 0 Å². The van der Waals surface area contributed by atoms with Crippen molar-refractivity contribution in [1.29, 1.82) is 0 Å². The number of likely N-dealkylation sites (N-methyl/N-ethyl adjacent to an activating group) is 1. The first-order valence-electron chi connectivity index (χ1n) is 2.64. The number of carboxylic acids is 1. The predicted octanol–water partition coefficient (Wildman–Crippen LogP) is 0.101. The van der Waals surface area contributed by atoms with Crippen LogP contribution in [0, 0.1) is 0 Å². The molecule has 1 atom stereocenters. The number of hydrogen-bond acceptors (Lipinski definition) is 2. The second-order valence-corrected chi connectivity index (χ2v) is 1.26. The second-order valence-electron chi connectivity index (χ2n) is 1.26. The number of hydrogen-bond donors (Lipinski definition) is 2. The maximum Gasteiger partial charge on any atom is 0.320 e. The summed E-state index contributed by atoms with van der Waals surface area (Å²) < 4.78 is 6.55. The topological polar surface area (TPSA) is 49.3 Å². The quantitative estimate of drug-likeness (QED) is 0.572. The Kier molecular flexibility index (Phi) is 4.70. The zero-order valence-corrected chi connectivity index (χ0v) is 5.36. The van der Waals surface area contributed by atoms with Gasteiger partial charge in [0, 0.05) is 1.37 Å². The van der Waals surface area contributed by atoms with Crippen molar-refractivity contribution in [2.75, 3.05) is 7.02 Å². The average molecular weight is 141 g/mol. The van der Waals surface area contributed by atoms with E-state index in [1.54, 1.807) is 0 Å². The summed E-state index contributed by atoms with van der Waals surface area (Å²) in [4.78, 5) is 9.94. The first-order valence-corrected chi connectivity index (χ1v) is 1.94. The molecule has 0 aliphatic carbocycles. The number of rotatable bonds is 2. The average Bonchev–Trinajstić information content (AvgIpc) is 1.67. The van der Waals surface area contributed by atoms with Gasteiger partial charge in [0.1, 0.15) is 6.04 Å². The molecule has 2 N–H and O–H groups in total. The molecule has 0 saturated heterocycles. The molecular formula is C4H10ClNO2. The zero-order chi connectivity index (χ0) is 6.57. The highest BCUT2D eigenvalue weighted by molar-refractivity contribution is 5.85. The van der Waals surface area contributed by atoms with Crippen LogP contribution in [0.15, 0.2) is 0 Å². The lowest BCUT2D eigenvalue weighted by molar-refractivity contribution is -0.138. The van der Waals surface area contributed by atoms with Crippen LogP contribution >= 0.6 is 12.4 Å². The molecule has 0 aromatic carbocycles. The van der Waals surface area contributed by atoms with Crippen LogP contribution in [0.25, 0.3) is 0 Å². The highest BCUT2D eigenvalue weighted by Crippen LogP contribution is 1.74. The molecule has 0 unspecified atom stereocenters. The van der Waals surface area contributed by atoms with Gasteiger partial charge >= 0.3 is 5.97 Å². The SMILES string of the molecule is Cl.[2H]CN[C@@H](C)C(=O)O. The van der Waals surface area contributed by atoms with Gasteiger partial charge in [0.25, 0.3) is 0 Å². The Balaban J connectivity index is 0. The fourth-order valence-corrected chi connectivity index (χ4v) is 0.0873. The smallest absolute Gasteiger partial charge is 0.320 e. The predicted molar refractivity (Wildman–Crippen MR) is 33.4 cm³/mol. The minimum absolute atomic E-state index is 0. The van der Waals surface area contributed by atoms with Gasteiger partial charge in [-0.2, -0.15) is 0 Å². The summed E-state index contributed by atoms with van der Waals surface area (Å²) in [6.07, 6.45) is 0. The van der Waals surface area contributed by atoms with E-state index in [-0.39, 0.29) is 19.4 Å². The highest BCUT2D eigenvalue weighted by Gasteiger charge is 2.04. The number of halogens is 1. The minimum Gasteiger partial charge on any atom is -0.480 e. The lowest BCUT2D eigenvalue weighted by Gasteiger charge is -1.99. The van der Waals surface area contributed by atoms with Crippen LogP contribution in [0.3, 0.4) is 0 Å². The molecule has 0 amide bonds. The van der Waals surface area contributed by atoms with E-state index in [9.17, 15) is 4.79 Å². The first-order chi connectivity index (χ1) is 3.68. The molecule has 8 heavy (non-hydrogen) atoms. The fourth-order valence-electron chi connectivity index (χ4n) is 0.0873. The molecule has 0 fully saturated rings. The summed E-state index contributed by atoms with van der Waals surface area (Å²) in [6.45, 7) is 1.50. The van der Waals surface area contributed by atoms with Crippen molar-refractivity contribution in [2.24, 2.45) is 0 Å². The van der Waals surface area contributed by atoms with Crippen molar-refractivity contribution < 1.29 is 11.3 Å². The Morgan fingerprint density at radius 1 is 2.00 bits per heavy atom. The molecule has 0 saturated carbocycles. The molecule has 4 heteroatoms. The van der Waals surface area contributed by atoms with E-state index in [0.29, 0.717) is 0 Å². The van der Waals surface area contributed by atoms with Crippen LogP contribution in [0.1, 0.15) is 8.29 Å². The standard InChI is InChI=1S/C4H9NO2.ClH/c1-3(5-2)4(6)7;/h3,5H,1-2H3,(H,6,7);1H/t3-;/m0./s1/i2D;. The summed E-state index contributed by atoms with van der Waals surface area (Å²) >= 11 is 0. The van der Waals surface area contributed by atoms with Gasteiger partial charge < -0.3 is 10.4 Å². The molecule has 0 radical (unpaired) electrons. The van der Waals surface area contributed by atoms with Crippen LogP contribution in [-0.2, 0) is 4.79 Å². The molecule has 0 rings (SSSR count). The van der Waals surface area contributed by atoms with Crippen LogP contribution in [0.2, 0.25) is 0 Å². The van der Waals surface area contributed by atoms with Gasteiger partial charge in [-0.3, -0.25) is 4.79 Å². The van der Waals surface area contributed by atoms with E-state index in [4.69, 9.17) is 6.48 Å². The molecule has 0 heterocycles. The normalized spacial score (nSPS) is 13.4. The van der Waals surface area contributed by atoms with Crippen molar-refractivity contribution >= 4 is 18.4 Å². The van der Waals surface area contributed by atoms with E-state index >= 15 is 0 Å². The highest BCUT2D eigenvalue weighted by atomic mass is 35.5. The van der Waals surface area contributed by atoms with E-state index in [2.05, 4.69) is 5.32 Å². The molecular weight excluding hydrogens is 130 g/mol. The molecule has 50 valence electrons. The monoisotopic (exact) mass is 140 g/mol. The van der Waals surface area contributed by atoms with Gasteiger partial charge in [0.2, 0.25) is 0 Å². The third-order valence-corrected chi connectivity index (χ3v) is 0.677. The Bertz CT molecular complexity index is 90.6. The van der Waals surface area contributed by atoms with Crippen molar-refractivity contribution in [2.45, 2.75) is 13.0 Å². The second kappa shape index (κ2) is 4.87. The lowest BCUT2D eigenvalue weighted by Crippen LogP contribution is -2.29. The lowest BCUT2D eigenvalue weighted by atomic mass is 10.4. The first kappa shape index (κ1) is 7.72. The molecule has 0 spiro atoms. The summed E-state index contributed by atoms with van der Waals surface area (Å²) in [5, 5.41) is 10.6. The summed E-state index contributed by atoms with van der Waals surface area (Å²) in [7, 11) is -0.0481. The third-order valence-electron chi connectivity index (χ3n) is 0.677. The van der Waals surface area contributed by atoms with Gasteiger partial charge in [-0.1, -0.05) is 0 Å². The van der Waals surface area contributed by atoms with Crippen LogP contribution < -0.4 is 5.32 Å². The van der Waals surface area contributed by atoms with Crippen LogP contribution in [0.5, 0.6) is 0 Å². The summed E-state index contributed by atoms with van der Waals surface area (Å²) in [6, 6.07) is -0.604. The number of aliphatic carboxylic acids is 1. The Hall–Kier alpha value is -0.280. The van der Waals surface area contributed by atoms with Gasteiger partial charge in [0.15, 0.2) is 0 Å². The van der Waals surface area contributed by atoms with Gasteiger partial charge in [-0.15, -0.1) is 12.4 Å². The molecule has 0 aliphatic heterocycles. The van der Waals surface area contributed by atoms with Gasteiger partial charge in [0.05, 0.1) is 0 Å². The summed E-state index contributed by atoms with van der Waals surface area (Å²) in [5.74, 6) is -0.919. The number of carbonyl (C=O) groups is 1. The van der Waals surface area contributed by atoms with Crippen molar-refractivity contribution in [3.05, 3.63) is 0 Å². The molecule has 3 nitrogen and oxygen atoms in total. The van der Waals surface area contributed by atoms with E-state index < -0.39 is 12.0 Å². The van der Waals surface area contributed by atoms with Crippen molar-refractivity contribution in [3.8, 4) is 0 Å². The third kappa shape index (κ3) is 3.89. The van der Waals surface area contributed by atoms with Crippen LogP contribution in [-0.4, -0.2) is 24.1 Å². The van der Waals surface area contributed by atoms with Crippen molar-refractivity contribution in [3.63, 3.8) is 0 Å². The number of nitrogens with one attached hydrogen (secondary N) is 1. The van der Waals surface area contributed by atoms with E-state index in [1.807, 2.05) is 0 Å². The molecule has 0 aromatic heterocycles. The van der Waals surface area contributed by atoms with E-state index in [1.165, 1.54) is 6.92 Å². The van der Waals surface area contributed by atoms with Crippen LogP contribution in [0.4, 0.5) is 0 Å². The van der Waals surface area contributed by atoms with Gasteiger partial charge in [-0.25, -0.2) is 0 Å². The Morgan fingerprint density at radius 2 is 2.50 bits per heavy atom. The number of carboxylic acid groups (broad SMARTS) is 1. The molecule has 0 aliphatic rings. The maximum atomic E-state index is 9.94. The van der Waals surface area contributed by atoms with Crippen molar-refractivity contribution in [1.82, 2.24) is 5.32 Å². The zero-order valence-electron chi connectivity index (χ0n) is 5.55.